The van der Waals surface area contributed by atoms with E-state index in [0.717, 1.165) is 0 Å². The maximum atomic E-state index is 11.2. The smallest absolute Gasteiger partial charge is 0.337 e. The van der Waals surface area contributed by atoms with Gasteiger partial charge in [0.1, 0.15) is 0 Å². The van der Waals surface area contributed by atoms with Gasteiger partial charge < -0.3 is 10.2 Å². The summed E-state index contributed by atoms with van der Waals surface area (Å²) in [7, 11) is 1.68. The summed E-state index contributed by atoms with van der Waals surface area (Å²) < 4.78 is 1.53. The topological polar surface area (TPSA) is 92.4 Å². The highest BCUT2D eigenvalue weighted by Gasteiger charge is 2.22. The zero-order valence-corrected chi connectivity index (χ0v) is 9.26. The van der Waals surface area contributed by atoms with E-state index in [1.165, 1.54) is 10.7 Å². The van der Waals surface area contributed by atoms with E-state index in [9.17, 15) is 9.59 Å². The van der Waals surface area contributed by atoms with Crippen LogP contribution in [-0.4, -0.2) is 31.9 Å². The Labute approximate surface area is 96.1 Å². The minimum atomic E-state index is -1.26. The zero-order valence-electron chi connectivity index (χ0n) is 9.26. The molecule has 0 atom stereocenters. The first-order chi connectivity index (χ1) is 7.93. The van der Waals surface area contributed by atoms with Gasteiger partial charge >= 0.3 is 11.9 Å². The number of fused-ring (bicyclic) bond motifs is 1. The van der Waals surface area contributed by atoms with E-state index in [-0.39, 0.29) is 11.1 Å². The lowest BCUT2D eigenvalue weighted by molar-refractivity contribution is 0.0653. The molecule has 1 aromatic carbocycles. The zero-order chi connectivity index (χ0) is 12.7. The number of hydrogen-bond acceptors (Lipinski definition) is 3. The van der Waals surface area contributed by atoms with Crippen LogP contribution in [0, 0.1) is 6.92 Å². The number of aromatic nitrogens is 2. The van der Waals surface area contributed by atoms with Crippen molar-refractivity contribution in [2.75, 3.05) is 0 Å². The Kier molecular flexibility index (Phi) is 2.35. The third-order valence-electron chi connectivity index (χ3n) is 2.64. The predicted octanol–water partition coefficient (Wildman–Crippen LogP) is 1.28. The van der Waals surface area contributed by atoms with Crippen LogP contribution in [0.25, 0.3) is 10.9 Å². The summed E-state index contributed by atoms with van der Waals surface area (Å²) in [5.74, 6) is -2.52. The van der Waals surface area contributed by atoms with Gasteiger partial charge in [-0.3, -0.25) is 4.68 Å². The minimum absolute atomic E-state index is 0.208. The Balaban J connectivity index is 2.98. The molecule has 0 radical (unpaired) electrons. The normalized spacial score (nSPS) is 10.7. The predicted molar refractivity (Wildman–Crippen MR) is 59.4 cm³/mol. The highest BCUT2D eigenvalue weighted by atomic mass is 16.4. The number of carbonyl (C=O) groups is 2. The third-order valence-corrected chi connectivity index (χ3v) is 2.64. The summed E-state index contributed by atoms with van der Waals surface area (Å²) in [5.41, 5.74) is 0.676. The Morgan fingerprint density at radius 1 is 1.24 bits per heavy atom. The molecule has 17 heavy (non-hydrogen) atoms. The Hall–Kier alpha value is -2.37. The number of carboxylic acids is 2. The number of aromatic carboxylic acids is 2. The fraction of sp³-hybridized carbons (Fsp3) is 0.182. The van der Waals surface area contributed by atoms with Gasteiger partial charge in [0.15, 0.2) is 0 Å². The minimum Gasteiger partial charge on any atom is -0.478 e. The average Bonchev–Trinajstić information content (AvgIpc) is 2.53. The largest absolute Gasteiger partial charge is 0.478 e. The third kappa shape index (κ3) is 1.54. The Morgan fingerprint density at radius 2 is 1.88 bits per heavy atom. The average molecular weight is 234 g/mol. The van der Waals surface area contributed by atoms with Crippen molar-refractivity contribution in [1.29, 1.82) is 0 Å². The van der Waals surface area contributed by atoms with Crippen molar-refractivity contribution >= 4 is 22.8 Å². The van der Waals surface area contributed by atoms with Crippen molar-refractivity contribution in [2.45, 2.75) is 6.92 Å². The number of aryl methyl sites for hydroxylation is 2. The van der Waals surface area contributed by atoms with Gasteiger partial charge in [0.05, 0.1) is 22.3 Å². The molecule has 0 fully saturated rings. The van der Waals surface area contributed by atoms with E-state index in [0.29, 0.717) is 16.6 Å². The van der Waals surface area contributed by atoms with Crippen LogP contribution in [-0.2, 0) is 7.05 Å². The molecule has 2 rings (SSSR count). The molecule has 0 unspecified atom stereocenters. The van der Waals surface area contributed by atoms with Crippen molar-refractivity contribution in [1.82, 2.24) is 9.78 Å². The molecule has 0 bridgehead atoms. The summed E-state index contributed by atoms with van der Waals surface area (Å²) in [6.07, 6.45) is 0. The molecule has 0 saturated heterocycles. The monoisotopic (exact) mass is 234 g/mol. The highest BCUT2D eigenvalue weighted by molar-refractivity contribution is 6.11. The van der Waals surface area contributed by atoms with Crippen LogP contribution < -0.4 is 0 Å². The Bertz CT molecular complexity index is 642. The van der Waals surface area contributed by atoms with E-state index in [1.807, 2.05) is 0 Å². The molecular weight excluding hydrogens is 224 g/mol. The molecule has 2 aromatic rings. The quantitative estimate of drug-likeness (QED) is 0.816. The Morgan fingerprint density at radius 3 is 2.41 bits per heavy atom. The van der Waals surface area contributed by atoms with E-state index in [1.54, 1.807) is 20.0 Å². The van der Waals surface area contributed by atoms with Crippen LogP contribution in [0.1, 0.15) is 26.4 Å². The maximum absolute atomic E-state index is 11.2. The molecule has 0 spiro atoms. The number of carboxylic acid groups (broad SMARTS) is 2. The van der Waals surface area contributed by atoms with Crippen molar-refractivity contribution < 1.29 is 19.8 Å². The summed E-state index contributed by atoms with van der Waals surface area (Å²) in [4.78, 5) is 22.2. The van der Waals surface area contributed by atoms with Gasteiger partial charge in [-0.05, 0) is 19.1 Å². The molecule has 0 amide bonds. The first kappa shape index (κ1) is 11.1. The molecule has 1 heterocycles. The van der Waals surface area contributed by atoms with Gasteiger partial charge in [0.2, 0.25) is 0 Å². The van der Waals surface area contributed by atoms with Gasteiger partial charge in [-0.1, -0.05) is 0 Å². The van der Waals surface area contributed by atoms with Crippen LogP contribution in [0.5, 0.6) is 0 Å². The van der Waals surface area contributed by atoms with Gasteiger partial charge in [-0.15, -0.1) is 0 Å². The van der Waals surface area contributed by atoms with Gasteiger partial charge in [0, 0.05) is 12.4 Å². The summed E-state index contributed by atoms with van der Waals surface area (Å²) in [6.45, 7) is 1.65. The van der Waals surface area contributed by atoms with Crippen molar-refractivity contribution in [2.24, 2.45) is 7.05 Å². The second-order valence-electron chi connectivity index (χ2n) is 3.70. The number of rotatable bonds is 2. The second-order valence-corrected chi connectivity index (χ2v) is 3.70. The SMILES string of the molecule is Cc1nn(C)c2ccc(C(=O)O)c(C(=O)O)c12. The molecule has 0 aliphatic rings. The van der Waals surface area contributed by atoms with Crippen LogP contribution in [0.2, 0.25) is 0 Å². The van der Waals surface area contributed by atoms with E-state index >= 15 is 0 Å². The van der Waals surface area contributed by atoms with Crippen LogP contribution in [0.3, 0.4) is 0 Å². The summed E-state index contributed by atoms with van der Waals surface area (Å²) in [6, 6.07) is 2.85. The lowest BCUT2D eigenvalue weighted by Gasteiger charge is -2.03. The van der Waals surface area contributed by atoms with Crippen LogP contribution in [0.4, 0.5) is 0 Å². The summed E-state index contributed by atoms with van der Waals surface area (Å²) >= 11 is 0. The maximum Gasteiger partial charge on any atom is 0.337 e. The van der Waals surface area contributed by atoms with E-state index < -0.39 is 11.9 Å². The lowest BCUT2D eigenvalue weighted by Crippen LogP contribution is -2.08. The molecule has 0 saturated carbocycles. The van der Waals surface area contributed by atoms with Gasteiger partial charge in [-0.2, -0.15) is 5.10 Å². The van der Waals surface area contributed by atoms with E-state index in [4.69, 9.17) is 10.2 Å². The molecule has 6 nitrogen and oxygen atoms in total. The standard InChI is InChI=1S/C11H10N2O4/c1-5-8-7(13(2)12-5)4-3-6(10(14)15)9(8)11(16)17/h3-4H,1-2H3,(H,14,15)(H,16,17). The second kappa shape index (κ2) is 3.58. The molecule has 6 heteroatoms. The number of benzene rings is 1. The molecular formula is C11H10N2O4. The first-order valence-electron chi connectivity index (χ1n) is 4.86. The van der Waals surface area contributed by atoms with Crippen LogP contribution >= 0.6 is 0 Å². The van der Waals surface area contributed by atoms with E-state index in [2.05, 4.69) is 5.10 Å². The number of nitrogens with zero attached hydrogens (tertiary/aromatic N) is 2. The summed E-state index contributed by atoms with van der Waals surface area (Å²) in [5, 5.41) is 22.6. The fourth-order valence-corrected chi connectivity index (χ4v) is 1.96. The van der Waals surface area contributed by atoms with Gasteiger partial charge in [0.25, 0.3) is 0 Å². The molecule has 88 valence electrons. The number of hydrogen-bond donors (Lipinski definition) is 2. The molecule has 1 aromatic heterocycles. The lowest BCUT2D eigenvalue weighted by atomic mass is 10.0. The van der Waals surface area contributed by atoms with Crippen molar-refractivity contribution in [3.8, 4) is 0 Å². The molecule has 2 N–H and O–H groups in total. The van der Waals surface area contributed by atoms with Gasteiger partial charge in [-0.25, -0.2) is 9.59 Å². The van der Waals surface area contributed by atoms with Crippen LogP contribution in [0.15, 0.2) is 12.1 Å². The van der Waals surface area contributed by atoms with Crippen molar-refractivity contribution in [3.63, 3.8) is 0 Å². The van der Waals surface area contributed by atoms with Crippen molar-refractivity contribution in [3.05, 3.63) is 29.0 Å². The molecule has 0 aliphatic carbocycles. The first-order valence-corrected chi connectivity index (χ1v) is 4.86. The highest BCUT2D eigenvalue weighted by Crippen LogP contribution is 2.25. The molecule has 0 aliphatic heterocycles. The fourth-order valence-electron chi connectivity index (χ4n) is 1.96.